The van der Waals surface area contributed by atoms with Gasteiger partial charge in [0.25, 0.3) is 0 Å². The number of benzene rings is 11. The van der Waals surface area contributed by atoms with Crippen LogP contribution in [0.2, 0.25) is 0 Å². The lowest BCUT2D eigenvalue weighted by molar-refractivity contribution is 1.26. The van der Waals surface area contributed by atoms with E-state index in [2.05, 4.69) is 238 Å². The van der Waals surface area contributed by atoms with Gasteiger partial charge in [-0.2, -0.15) is 0 Å². The molecule has 0 spiro atoms. The predicted octanol–water partition coefficient (Wildman–Crippen LogP) is 16.3. The number of hydrogen-bond donors (Lipinski definition) is 0. The van der Waals surface area contributed by atoms with Crippen molar-refractivity contribution in [2.45, 2.75) is 0 Å². The third kappa shape index (κ3) is 5.46. The first kappa shape index (κ1) is 33.4. The van der Waals surface area contributed by atoms with Crippen molar-refractivity contribution >= 4 is 115 Å². The largest absolute Gasteiger partial charge is 0.308 e. The number of nitrogens with zero attached hydrogens (tertiary/aromatic N) is 2. The third-order valence-electron chi connectivity index (χ3n) is 11.4. The summed E-state index contributed by atoms with van der Waals surface area (Å²) in [5.41, 5.74) is 6.54. The van der Waals surface area contributed by atoms with Gasteiger partial charge >= 0.3 is 0 Å². The molecule has 0 unspecified atom stereocenters. The van der Waals surface area contributed by atoms with Gasteiger partial charge in [0.15, 0.2) is 0 Å². The van der Waals surface area contributed by atoms with Gasteiger partial charge in [0.05, 0.1) is 38.6 Å². The van der Waals surface area contributed by atoms with Crippen molar-refractivity contribution in [2.24, 2.45) is 0 Å². The average molecular weight is 792 g/mol. The van der Waals surface area contributed by atoms with Crippen LogP contribution in [-0.2, 0) is 0 Å². The van der Waals surface area contributed by atoms with E-state index in [1.165, 1.54) is 64.6 Å². The van der Waals surface area contributed by atoms with Crippen molar-refractivity contribution in [3.05, 3.63) is 217 Å². The molecule has 0 aliphatic heterocycles. The van der Waals surface area contributed by atoms with Crippen molar-refractivity contribution in [3.8, 4) is 0 Å². The van der Waals surface area contributed by atoms with Gasteiger partial charge in [-0.1, -0.05) is 176 Å². The Hall–Kier alpha value is -6.94. The zero-order chi connectivity index (χ0) is 37.9. The van der Waals surface area contributed by atoms with Crippen LogP contribution in [0.15, 0.2) is 217 Å². The highest BCUT2D eigenvalue weighted by Crippen LogP contribution is 2.52. The maximum Gasteiger partial charge on any atom is 0.0656 e. The summed E-state index contributed by atoms with van der Waals surface area (Å²) < 4.78 is 0.986. The van der Waals surface area contributed by atoms with Crippen molar-refractivity contribution in [3.63, 3.8) is 0 Å². The van der Waals surface area contributed by atoms with Crippen LogP contribution in [0.4, 0.5) is 34.1 Å². The summed E-state index contributed by atoms with van der Waals surface area (Å²) in [6.45, 7) is 0. The molecule has 0 atom stereocenters. The minimum absolute atomic E-state index is 0.986. The minimum Gasteiger partial charge on any atom is -0.308 e. The summed E-state index contributed by atoms with van der Waals surface area (Å²) in [4.78, 5) is 4.93. The van der Waals surface area contributed by atoms with Gasteiger partial charge in [0, 0.05) is 21.5 Å². The van der Waals surface area contributed by atoms with Gasteiger partial charge < -0.3 is 9.80 Å². The zero-order valence-electron chi connectivity index (χ0n) is 31.0. The molecule has 57 heavy (non-hydrogen) atoms. The van der Waals surface area contributed by atoms with E-state index in [0.717, 1.165) is 38.6 Å². The maximum absolute atomic E-state index is 4.34. The van der Waals surface area contributed by atoms with Crippen LogP contribution >= 0.6 is 15.9 Å². The predicted molar refractivity (Wildman–Crippen MR) is 249 cm³/mol. The Bertz CT molecular complexity index is 3120. The Labute approximate surface area is 339 Å². The molecule has 11 rings (SSSR count). The zero-order valence-corrected chi connectivity index (χ0v) is 32.6. The second-order valence-electron chi connectivity index (χ2n) is 14.6. The summed E-state index contributed by atoms with van der Waals surface area (Å²) in [5.74, 6) is 0. The van der Waals surface area contributed by atoms with Crippen LogP contribution in [0.5, 0.6) is 0 Å². The second kappa shape index (κ2) is 13.7. The van der Waals surface area contributed by atoms with Crippen molar-refractivity contribution in [2.75, 3.05) is 9.80 Å². The van der Waals surface area contributed by atoms with E-state index in [1.807, 2.05) is 0 Å². The second-order valence-corrected chi connectivity index (χ2v) is 15.4. The van der Waals surface area contributed by atoms with Gasteiger partial charge in [-0.15, -0.1) is 0 Å². The Balaban J connectivity index is 1.25. The molecule has 0 saturated carbocycles. The summed E-state index contributed by atoms with van der Waals surface area (Å²) in [6, 6.07) is 77.2. The molecule has 11 aromatic carbocycles. The van der Waals surface area contributed by atoms with Crippen LogP contribution in [0, 0.1) is 0 Å². The standard InChI is InChI=1S/C54H35BrN2/c55-54-50(56(48-30-13-20-36-16-1-7-24-42(36)48)52-34-38-18-3-5-22-40(38)44-26-9-11-28-46(44)52)32-15-33-51(54)57(49-31-14-21-37-17-2-8-25-43(37)49)53-35-39-19-4-6-23-41(39)45-27-10-12-29-47(45)53/h1-35H. The SMILES string of the molecule is Brc1c(N(c2cccc3ccccc23)c2cc3ccccc3c3ccccc23)cccc1N(c1cccc2ccccc12)c1cc2ccccc2c2ccccc12. The van der Waals surface area contributed by atoms with Crippen LogP contribution in [0.25, 0.3) is 64.6 Å². The van der Waals surface area contributed by atoms with E-state index in [1.54, 1.807) is 0 Å². The maximum atomic E-state index is 4.34. The summed E-state index contributed by atoms with van der Waals surface area (Å²) >= 11 is 4.34. The molecule has 0 aliphatic rings. The molecule has 0 aliphatic carbocycles. The fraction of sp³-hybridized carbons (Fsp3) is 0. The molecular formula is C54H35BrN2. The summed E-state index contributed by atoms with van der Waals surface area (Å²) in [7, 11) is 0. The highest BCUT2D eigenvalue weighted by molar-refractivity contribution is 9.10. The first-order valence-corrected chi connectivity index (χ1v) is 20.2. The van der Waals surface area contributed by atoms with E-state index >= 15 is 0 Å². The average Bonchev–Trinajstić information content (AvgIpc) is 3.28. The number of fused-ring (bicyclic) bond motifs is 8. The molecule has 0 saturated heterocycles. The molecule has 0 amide bonds. The van der Waals surface area contributed by atoms with E-state index in [-0.39, 0.29) is 0 Å². The molecule has 2 nitrogen and oxygen atoms in total. The Morgan fingerprint density at radius 2 is 0.526 bits per heavy atom. The summed E-state index contributed by atoms with van der Waals surface area (Å²) in [6.07, 6.45) is 0. The number of hydrogen-bond acceptors (Lipinski definition) is 2. The Kier molecular flexibility index (Phi) is 8.01. The number of halogens is 1. The monoisotopic (exact) mass is 790 g/mol. The quantitative estimate of drug-likeness (QED) is 0.155. The van der Waals surface area contributed by atoms with Crippen LogP contribution in [0.3, 0.4) is 0 Å². The van der Waals surface area contributed by atoms with Crippen LogP contribution in [-0.4, -0.2) is 0 Å². The first-order valence-electron chi connectivity index (χ1n) is 19.4. The molecule has 0 fully saturated rings. The Morgan fingerprint density at radius 1 is 0.228 bits per heavy atom. The molecule has 3 heteroatoms. The molecule has 0 N–H and O–H groups in total. The van der Waals surface area contributed by atoms with Gasteiger partial charge in [-0.25, -0.2) is 0 Å². The topological polar surface area (TPSA) is 6.48 Å². The normalized spacial score (nSPS) is 11.6. The minimum atomic E-state index is 0.986. The lowest BCUT2D eigenvalue weighted by atomic mass is 9.97. The smallest absolute Gasteiger partial charge is 0.0656 e. The van der Waals surface area contributed by atoms with Crippen molar-refractivity contribution < 1.29 is 0 Å². The van der Waals surface area contributed by atoms with E-state index in [4.69, 9.17) is 0 Å². The van der Waals surface area contributed by atoms with Gasteiger partial charge in [0.1, 0.15) is 0 Å². The van der Waals surface area contributed by atoms with Gasteiger partial charge in [0.2, 0.25) is 0 Å². The lowest BCUT2D eigenvalue weighted by Crippen LogP contribution is -2.15. The molecule has 0 radical (unpaired) electrons. The van der Waals surface area contributed by atoms with E-state index in [0.29, 0.717) is 0 Å². The van der Waals surface area contributed by atoms with Gasteiger partial charge in [-0.05, 0) is 95.4 Å². The van der Waals surface area contributed by atoms with Gasteiger partial charge in [-0.3, -0.25) is 0 Å². The fourth-order valence-electron chi connectivity index (χ4n) is 8.88. The molecule has 0 heterocycles. The summed E-state index contributed by atoms with van der Waals surface area (Å²) in [5, 5.41) is 14.5. The highest BCUT2D eigenvalue weighted by atomic mass is 79.9. The first-order chi connectivity index (χ1) is 28.2. The van der Waals surface area contributed by atoms with Crippen LogP contribution in [0.1, 0.15) is 0 Å². The van der Waals surface area contributed by atoms with Crippen molar-refractivity contribution in [1.82, 2.24) is 0 Å². The third-order valence-corrected chi connectivity index (χ3v) is 12.2. The van der Waals surface area contributed by atoms with Crippen LogP contribution < -0.4 is 9.80 Å². The molecular weight excluding hydrogens is 757 g/mol. The van der Waals surface area contributed by atoms with E-state index < -0.39 is 0 Å². The molecule has 0 aromatic heterocycles. The molecule has 11 aromatic rings. The van der Waals surface area contributed by atoms with E-state index in [9.17, 15) is 0 Å². The molecule has 268 valence electrons. The Morgan fingerprint density at radius 3 is 0.965 bits per heavy atom. The lowest BCUT2D eigenvalue weighted by Gasteiger charge is -2.33. The number of rotatable bonds is 6. The van der Waals surface area contributed by atoms with Crippen molar-refractivity contribution in [1.29, 1.82) is 0 Å². The highest BCUT2D eigenvalue weighted by Gasteiger charge is 2.26. The fourth-order valence-corrected chi connectivity index (χ4v) is 9.50. The number of anilines is 6. The molecule has 0 bridgehead atoms.